The van der Waals surface area contributed by atoms with Crippen molar-refractivity contribution in [1.82, 2.24) is 9.88 Å². The number of likely N-dealkylation sites (N-methyl/N-ethyl adjacent to an activating group) is 1. The molecule has 1 aromatic heterocycles. The van der Waals surface area contributed by atoms with E-state index in [0.717, 1.165) is 11.1 Å². The molecule has 1 N–H and O–H groups in total. The summed E-state index contributed by atoms with van der Waals surface area (Å²) in [5, 5.41) is 8.62. The lowest BCUT2D eigenvalue weighted by Gasteiger charge is -2.16. The van der Waals surface area contributed by atoms with Gasteiger partial charge in [0.15, 0.2) is 6.61 Å². The summed E-state index contributed by atoms with van der Waals surface area (Å²) in [4.78, 5) is 27.7. The van der Waals surface area contributed by atoms with E-state index >= 15 is 0 Å². The van der Waals surface area contributed by atoms with Crippen LogP contribution in [-0.4, -0.2) is 47.1 Å². The summed E-state index contributed by atoms with van der Waals surface area (Å²) in [6.45, 7) is 0.0403. The number of nitrogens with zero attached hydrogens (tertiary/aromatic N) is 2. The minimum atomic E-state index is -0.934. The fraction of sp³-hybridized carbons (Fsp3) is 0.211. The summed E-state index contributed by atoms with van der Waals surface area (Å²) in [6, 6.07) is 11.2. The molecule has 1 heterocycles. The Morgan fingerprint density at radius 3 is 2.28 bits per heavy atom. The van der Waals surface area contributed by atoms with Crippen molar-refractivity contribution < 1.29 is 19.4 Å². The number of hydrogen-bond acceptors (Lipinski definition) is 4. The number of carbonyl (C=O) groups excluding carboxylic acids is 1. The molecule has 0 aliphatic rings. The molecular formula is C19H20N2O4. The first-order chi connectivity index (χ1) is 12.0. The minimum absolute atomic E-state index is 0.0826. The highest BCUT2D eigenvalue weighted by atomic mass is 16.5. The van der Waals surface area contributed by atoms with Crippen LogP contribution in [0.5, 0.6) is 5.75 Å². The Bertz CT molecular complexity index is 727. The highest BCUT2D eigenvalue weighted by Gasteiger charge is 2.10. The van der Waals surface area contributed by atoms with E-state index in [1.165, 1.54) is 4.90 Å². The summed E-state index contributed by atoms with van der Waals surface area (Å²) >= 11 is 0. The Morgan fingerprint density at radius 2 is 1.68 bits per heavy atom. The van der Waals surface area contributed by atoms with Gasteiger partial charge in [0.2, 0.25) is 0 Å². The summed E-state index contributed by atoms with van der Waals surface area (Å²) in [6.07, 6.45) is 7.35. The number of carbonyl (C=O) groups is 2. The maximum absolute atomic E-state index is 11.8. The standard InChI is InChI=1S/C19H20N2O4/c1-21(13-10-19(23)24)18(22)14-25-17-6-4-15(5-7-17)2-3-16-8-11-20-12-9-16/h2-9,11-12H,10,13-14H2,1H3,(H,23,24)/b3-2+. The molecule has 0 saturated heterocycles. The number of carboxylic acid groups (broad SMARTS) is 1. The zero-order chi connectivity index (χ0) is 18.1. The second-order valence-electron chi connectivity index (χ2n) is 5.43. The molecule has 1 amide bonds. The first kappa shape index (κ1) is 18.2. The minimum Gasteiger partial charge on any atom is -0.484 e. The van der Waals surface area contributed by atoms with Crippen LogP contribution in [0.15, 0.2) is 48.8 Å². The van der Waals surface area contributed by atoms with Gasteiger partial charge in [0.1, 0.15) is 5.75 Å². The second kappa shape index (κ2) is 9.22. The lowest BCUT2D eigenvalue weighted by atomic mass is 10.1. The molecule has 6 nitrogen and oxygen atoms in total. The van der Waals surface area contributed by atoms with Crippen LogP contribution < -0.4 is 4.74 Å². The highest BCUT2D eigenvalue weighted by Crippen LogP contribution is 2.14. The van der Waals surface area contributed by atoms with E-state index in [1.54, 1.807) is 31.6 Å². The topological polar surface area (TPSA) is 79.7 Å². The van der Waals surface area contributed by atoms with Crippen LogP contribution in [0.25, 0.3) is 12.2 Å². The number of pyridine rings is 1. The molecule has 6 heteroatoms. The molecule has 130 valence electrons. The third kappa shape index (κ3) is 6.47. The van der Waals surface area contributed by atoms with Crippen LogP contribution in [0.2, 0.25) is 0 Å². The number of benzene rings is 1. The average molecular weight is 340 g/mol. The van der Waals surface area contributed by atoms with Gasteiger partial charge < -0.3 is 14.7 Å². The molecule has 1 aromatic carbocycles. The van der Waals surface area contributed by atoms with Gasteiger partial charge in [-0.2, -0.15) is 0 Å². The monoisotopic (exact) mass is 340 g/mol. The largest absolute Gasteiger partial charge is 0.484 e. The van der Waals surface area contributed by atoms with Gasteiger partial charge in [-0.25, -0.2) is 0 Å². The van der Waals surface area contributed by atoms with Crippen molar-refractivity contribution in [2.75, 3.05) is 20.2 Å². The van der Waals surface area contributed by atoms with E-state index in [4.69, 9.17) is 9.84 Å². The van der Waals surface area contributed by atoms with Crippen molar-refractivity contribution in [1.29, 1.82) is 0 Å². The van der Waals surface area contributed by atoms with E-state index in [0.29, 0.717) is 5.75 Å². The van der Waals surface area contributed by atoms with Crippen molar-refractivity contribution in [3.8, 4) is 5.75 Å². The van der Waals surface area contributed by atoms with E-state index < -0.39 is 5.97 Å². The third-order valence-electron chi connectivity index (χ3n) is 3.50. The molecule has 2 rings (SSSR count). The Morgan fingerprint density at radius 1 is 1.08 bits per heavy atom. The zero-order valence-corrected chi connectivity index (χ0v) is 14.0. The van der Waals surface area contributed by atoms with Crippen molar-refractivity contribution in [3.05, 3.63) is 59.9 Å². The van der Waals surface area contributed by atoms with Gasteiger partial charge >= 0.3 is 5.97 Å². The Kier molecular flexibility index (Phi) is 6.71. The number of carboxylic acids is 1. The summed E-state index contributed by atoms with van der Waals surface area (Å²) in [5.41, 5.74) is 2.07. The fourth-order valence-corrected chi connectivity index (χ4v) is 1.99. The van der Waals surface area contributed by atoms with Gasteiger partial charge in [-0.05, 0) is 35.4 Å². The first-order valence-electron chi connectivity index (χ1n) is 7.81. The van der Waals surface area contributed by atoms with E-state index in [9.17, 15) is 9.59 Å². The van der Waals surface area contributed by atoms with Crippen molar-refractivity contribution >= 4 is 24.0 Å². The van der Waals surface area contributed by atoms with Crippen LogP contribution in [0, 0.1) is 0 Å². The highest BCUT2D eigenvalue weighted by molar-refractivity contribution is 5.78. The fourth-order valence-electron chi connectivity index (χ4n) is 1.99. The average Bonchev–Trinajstić information content (AvgIpc) is 2.64. The molecule has 0 aliphatic carbocycles. The van der Waals surface area contributed by atoms with Crippen LogP contribution in [0.4, 0.5) is 0 Å². The number of rotatable bonds is 8. The molecule has 0 atom stereocenters. The summed E-state index contributed by atoms with van der Waals surface area (Å²) in [7, 11) is 1.56. The van der Waals surface area contributed by atoms with Gasteiger partial charge in [-0.15, -0.1) is 0 Å². The number of aliphatic carboxylic acids is 1. The van der Waals surface area contributed by atoms with Crippen LogP contribution >= 0.6 is 0 Å². The molecule has 0 saturated carbocycles. The predicted octanol–water partition coefficient (Wildman–Crippen LogP) is 2.56. The second-order valence-corrected chi connectivity index (χ2v) is 5.43. The molecule has 0 fully saturated rings. The van der Waals surface area contributed by atoms with Gasteiger partial charge in [0.25, 0.3) is 5.91 Å². The number of ether oxygens (including phenoxy) is 1. The first-order valence-corrected chi connectivity index (χ1v) is 7.81. The van der Waals surface area contributed by atoms with Crippen LogP contribution in [0.3, 0.4) is 0 Å². The molecule has 0 aliphatic heterocycles. The summed E-state index contributed by atoms with van der Waals surface area (Å²) < 4.78 is 5.44. The summed E-state index contributed by atoms with van der Waals surface area (Å²) in [5.74, 6) is -0.611. The van der Waals surface area contributed by atoms with Crippen molar-refractivity contribution in [3.63, 3.8) is 0 Å². The molecule has 25 heavy (non-hydrogen) atoms. The van der Waals surface area contributed by atoms with Gasteiger partial charge in [0.05, 0.1) is 6.42 Å². The van der Waals surface area contributed by atoms with E-state index in [1.807, 2.05) is 36.4 Å². The number of amides is 1. The predicted molar refractivity (Wildman–Crippen MR) is 95.0 cm³/mol. The Balaban J connectivity index is 1.83. The van der Waals surface area contributed by atoms with Gasteiger partial charge in [-0.3, -0.25) is 14.6 Å². The van der Waals surface area contributed by atoms with Crippen molar-refractivity contribution in [2.45, 2.75) is 6.42 Å². The van der Waals surface area contributed by atoms with E-state index in [2.05, 4.69) is 4.98 Å². The van der Waals surface area contributed by atoms with E-state index in [-0.39, 0.29) is 25.5 Å². The maximum Gasteiger partial charge on any atom is 0.305 e. The molecule has 2 aromatic rings. The zero-order valence-electron chi connectivity index (χ0n) is 14.0. The van der Waals surface area contributed by atoms with Crippen LogP contribution in [-0.2, 0) is 9.59 Å². The smallest absolute Gasteiger partial charge is 0.305 e. The van der Waals surface area contributed by atoms with Gasteiger partial charge in [-0.1, -0.05) is 24.3 Å². The third-order valence-corrected chi connectivity index (χ3v) is 3.50. The molecule has 0 radical (unpaired) electrons. The number of aromatic nitrogens is 1. The molecule has 0 unspecified atom stereocenters. The Labute approximate surface area is 146 Å². The van der Waals surface area contributed by atoms with Gasteiger partial charge in [0, 0.05) is 26.0 Å². The number of hydrogen-bond donors (Lipinski definition) is 1. The normalized spacial score (nSPS) is 10.6. The molecule has 0 spiro atoms. The van der Waals surface area contributed by atoms with Crippen molar-refractivity contribution in [2.24, 2.45) is 0 Å². The quantitative estimate of drug-likeness (QED) is 0.799. The lowest BCUT2D eigenvalue weighted by molar-refractivity contribution is -0.138. The lowest BCUT2D eigenvalue weighted by Crippen LogP contribution is -2.33. The Hall–Kier alpha value is -3.15. The molecular weight excluding hydrogens is 320 g/mol. The van der Waals surface area contributed by atoms with Crippen LogP contribution in [0.1, 0.15) is 17.5 Å². The molecule has 0 bridgehead atoms. The maximum atomic E-state index is 11.8. The SMILES string of the molecule is CN(CCC(=O)O)C(=O)COc1ccc(/C=C/c2ccncc2)cc1.